The third-order valence-electron chi connectivity index (χ3n) is 4.20. The van der Waals surface area contributed by atoms with Gasteiger partial charge in [-0.1, -0.05) is 17.7 Å². The van der Waals surface area contributed by atoms with Gasteiger partial charge in [-0.15, -0.1) is 6.58 Å². The maximum absolute atomic E-state index is 12.0. The van der Waals surface area contributed by atoms with Crippen LogP contribution < -0.4 is 4.90 Å². The van der Waals surface area contributed by atoms with Gasteiger partial charge in [0.2, 0.25) is 5.91 Å². The number of benzene rings is 1. The fourth-order valence-electron chi connectivity index (χ4n) is 3.30. The van der Waals surface area contributed by atoms with Crippen molar-refractivity contribution in [1.82, 2.24) is 4.90 Å². The Labute approximate surface area is 124 Å². The quantitative estimate of drug-likeness (QED) is 0.797. The maximum Gasteiger partial charge on any atom is 0.223 e. The highest BCUT2D eigenvalue weighted by Crippen LogP contribution is 2.40. The van der Waals surface area contributed by atoms with Crippen LogP contribution in [0.2, 0.25) is 5.02 Å². The molecule has 0 aliphatic carbocycles. The van der Waals surface area contributed by atoms with Gasteiger partial charge in [-0.25, -0.2) is 0 Å². The molecular formula is C16H19ClN2O. The second-order valence-corrected chi connectivity index (χ2v) is 5.87. The summed E-state index contributed by atoms with van der Waals surface area (Å²) < 4.78 is 0. The van der Waals surface area contributed by atoms with Crippen LogP contribution in [0.25, 0.3) is 0 Å². The second kappa shape index (κ2) is 5.49. The molecule has 3 rings (SSSR count). The average Bonchev–Trinajstić information content (AvgIpc) is 2.85. The maximum atomic E-state index is 12.0. The number of amides is 1. The standard InChI is InChI=1S/C16H19ClN2O/c1-2-8-18-10-7-15(19-9-3-4-16(19)20)13-11-12(17)5-6-14(13)18/h2,5-6,11,15H,1,3-4,7-10H2. The summed E-state index contributed by atoms with van der Waals surface area (Å²) in [5, 5.41) is 0.737. The molecule has 2 aliphatic rings. The van der Waals surface area contributed by atoms with E-state index in [1.54, 1.807) is 0 Å². The summed E-state index contributed by atoms with van der Waals surface area (Å²) in [6.07, 6.45) is 4.54. The van der Waals surface area contributed by atoms with Gasteiger partial charge in [0.15, 0.2) is 0 Å². The number of anilines is 1. The van der Waals surface area contributed by atoms with Crippen molar-refractivity contribution >= 4 is 23.2 Å². The van der Waals surface area contributed by atoms with Gasteiger partial charge in [0.1, 0.15) is 0 Å². The number of likely N-dealkylation sites (tertiary alicyclic amines) is 1. The van der Waals surface area contributed by atoms with Gasteiger partial charge in [0.05, 0.1) is 6.04 Å². The van der Waals surface area contributed by atoms with E-state index in [0.29, 0.717) is 6.42 Å². The molecule has 1 saturated heterocycles. The van der Waals surface area contributed by atoms with E-state index in [-0.39, 0.29) is 11.9 Å². The lowest BCUT2D eigenvalue weighted by atomic mass is 9.95. The largest absolute Gasteiger partial charge is 0.367 e. The number of carbonyl (C=O) groups is 1. The molecule has 1 amide bonds. The fraction of sp³-hybridized carbons (Fsp3) is 0.438. The summed E-state index contributed by atoms with van der Waals surface area (Å²) in [5.74, 6) is 0.276. The topological polar surface area (TPSA) is 23.6 Å². The van der Waals surface area contributed by atoms with Gasteiger partial charge in [-0.3, -0.25) is 4.79 Å². The molecule has 0 saturated carbocycles. The first kappa shape index (κ1) is 13.5. The minimum atomic E-state index is 0.180. The molecule has 1 aromatic rings. The molecule has 4 heteroatoms. The van der Waals surface area contributed by atoms with E-state index in [1.807, 2.05) is 23.1 Å². The first-order valence-electron chi connectivity index (χ1n) is 7.15. The number of hydrogen-bond acceptors (Lipinski definition) is 2. The van der Waals surface area contributed by atoms with Crippen LogP contribution in [0.4, 0.5) is 5.69 Å². The molecule has 1 aromatic carbocycles. The van der Waals surface area contributed by atoms with Crippen molar-refractivity contribution in [2.75, 3.05) is 24.5 Å². The summed E-state index contributed by atoms with van der Waals surface area (Å²) in [4.78, 5) is 16.4. The molecule has 0 bridgehead atoms. The first-order chi connectivity index (χ1) is 9.70. The van der Waals surface area contributed by atoms with E-state index < -0.39 is 0 Å². The van der Waals surface area contributed by atoms with E-state index in [0.717, 1.165) is 37.5 Å². The Bertz CT molecular complexity index is 543. The monoisotopic (exact) mass is 290 g/mol. The Morgan fingerprint density at radius 2 is 2.25 bits per heavy atom. The Morgan fingerprint density at radius 3 is 2.95 bits per heavy atom. The third kappa shape index (κ3) is 2.31. The molecule has 1 unspecified atom stereocenters. The van der Waals surface area contributed by atoms with E-state index >= 15 is 0 Å². The lowest BCUT2D eigenvalue weighted by molar-refractivity contribution is -0.130. The van der Waals surface area contributed by atoms with Gasteiger partial charge in [-0.2, -0.15) is 0 Å². The number of hydrogen-bond donors (Lipinski definition) is 0. The van der Waals surface area contributed by atoms with Crippen LogP contribution in [0.5, 0.6) is 0 Å². The third-order valence-corrected chi connectivity index (χ3v) is 4.43. The van der Waals surface area contributed by atoms with Gasteiger partial charge >= 0.3 is 0 Å². The SMILES string of the molecule is C=CCN1CCC(N2CCCC2=O)c2cc(Cl)ccc21. The van der Waals surface area contributed by atoms with Crippen LogP contribution in [-0.2, 0) is 4.79 Å². The summed E-state index contributed by atoms with van der Waals surface area (Å²) in [5.41, 5.74) is 2.37. The zero-order chi connectivity index (χ0) is 14.1. The van der Waals surface area contributed by atoms with E-state index in [9.17, 15) is 4.79 Å². The number of nitrogens with zero attached hydrogens (tertiary/aromatic N) is 2. The highest BCUT2D eigenvalue weighted by Gasteiger charge is 2.34. The lowest BCUT2D eigenvalue weighted by Gasteiger charge is -2.39. The molecule has 1 atom stereocenters. The average molecular weight is 291 g/mol. The Balaban J connectivity index is 1.98. The predicted molar refractivity (Wildman–Crippen MR) is 82.2 cm³/mol. The van der Waals surface area contributed by atoms with Crippen LogP contribution in [0.15, 0.2) is 30.9 Å². The zero-order valence-corrected chi connectivity index (χ0v) is 12.3. The highest BCUT2D eigenvalue weighted by molar-refractivity contribution is 6.30. The minimum absolute atomic E-state index is 0.180. The number of fused-ring (bicyclic) bond motifs is 1. The molecule has 0 radical (unpaired) electrons. The van der Waals surface area contributed by atoms with E-state index in [4.69, 9.17) is 11.6 Å². The van der Waals surface area contributed by atoms with E-state index in [2.05, 4.69) is 17.5 Å². The minimum Gasteiger partial charge on any atom is -0.367 e. The number of carbonyl (C=O) groups excluding carboxylic acids is 1. The molecule has 1 fully saturated rings. The van der Waals surface area contributed by atoms with Gasteiger partial charge in [0.25, 0.3) is 0 Å². The molecule has 3 nitrogen and oxygen atoms in total. The Morgan fingerprint density at radius 1 is 1.40 bits per heavy atom. The number of rotatable bonds is 3. The van der Waals surface area contributed by atoms with Crippen molar-refractivity contribution in [1.29, 1.82) is 0 Å². The molecule has 0 N–H and O–H groups in total. The zero-order valence-electron chi connectivity index (χ0n) is 11.5. The van der Waals surface area contributed by atoms with Crippen molar-refractivity contribution < 1.29 is 4.79 Å². The van der Waals surface area contributed by atoms with Crippen molar-refractivity contribution in [2.24, 2.45) is 0 Å². The van der Waals surface area contributed by atoms with Crippen molar-refractivity contribution in [3.63, 3.8) is 0 Å². The lowest BCUT2D eigenvalue weighted by Crippen LogP contribution is -2.38. The summed E-state index contributed by atoms with van der Waals surface area (Å²) in [6, 6.07) is 6.18. The smallest absolute Gasteiger partial charge is 0.223 e. The van der Waals surface area contributed by atoms with Crippen molar-refractivity contribution in [2.45, 2.75) is 25.3 Å². The molecule has 2 aliphatic heterocycles. The summed E-state index contributed by atoms with van der Waals surface area (Å²) in [7, 11) is 0. The summed E-state index contributed by atoms with van der Waals surface area (Å²) in [6.45, 7) is 6.48. The van der Waals surface area contributed by atoms with Gasteiger partial charge < -0.3 is 9.80 Å². The summed E-state index contributed by atoms with van der Waals surface area (Å²) >= 11 is 6.17. The van der Waals surface area contributed by atoms with Crippen molar-refractivity contribution in [3.8, 4) is 0 Å². The van der Waals surface area contributed by atoms with Crippen LogP contribution in [0.1, 0.15) is 30.9 Å². The predicted octanol–water partition coefficient (Wildman–Crippen LogP) is 3.40. The molecule has 0 spiro atoms. The highest BCUT2D eigenvalue weighted by atomic mass is 35.5. The molecule has 20 heavy (non-hydrogen) atoms. The van der Waals surface area contributed by atoms with Gasteiger partial charge in [0, 0.05) is 36.8 Å². The Kier molecular flexibility index (Phi) is 3.70. The van der Waals surface area contributed by atoms with E-state index in [1.165, 1.54) is 11.3 Å². The number of halogens is 1. The molecular weight excluding hydrogens is 272 g/mol. The van der Waals surface area contributed by atoms with Crippen LogP contribution in [0.3, 0.4) is 0 Å². The first-order valence-corrected chi connectivity index (χ1v) is 7.53. The van der Waals surface area contributed by atoms with Gasteiger partial charge in [-0.05, 0) is 36.6 Å². The van der Waals surface area contributed by atoms with Crippen LogP contribution >= 0.6 is 11.6 Å². The molecule has 0 aromatic heterocycles. The second-order valence-electron chi connectivity index (χ2n) is 5.43. The Hall–Kier alpha value is -1.48. The normalized spacial score (nSPS) is 22.1. The fourth-order valence-corrected chi connectivity index (χ4v) is 3.48. The van der Waals surface area contributed by atoms with Crippen molar-refractivity contribution in [3.05, 3.63) is 41.4 Å². The van der Waals surface area contributed by atoms with Crippen LogP contribution in [0, 0.1) is 0 Å². The molecule has 2 heterocycles. The molecule has 106 valence electrons. The van der Waals surface area contributed by atoms with Crippen LogP contribution in [-0.4, -0.2) is 30.4 Å².